The molecule has 0 heteroatoms. The van der Waals surface area contributed by atoms with Gasteiger partial charge in [-0.25, -0.2) is 0 Å². The Balaban J connectivity index is 2.11. The maximum Gasteiger partial charge on any atom is -0.00989 e. The van der Waals surface area contributed by atoms with E-state index < -0.39 is 0 Å². The fourth-order valence-corrected chi connectivity index (χ4v) is 3.32. The Bertz CT molecular complexity index is 993. The summed E-state index contributed by atoms with van der Waals surface area (Å²) in [6.45, 7) is 4.39. The Labute approximate surface area is 131 Å². The van der Waals surface area contributed by atoms with E-state index in [4.69, 9.17) is 0 Å². The highest BCUT2D eigenvalue weighted by Gasteiger charge is 2.09. The summed E-state index contributed by atoms with van der Waals surface area (Å²) in [5, 5.41) is 5.28. The third kappa shape index (κ3) is 1.92. The molecule has 0 saturated heterocycles. The van der Waals surface area contributed by atoms with Gasteiger partial charge in [-0.05, 0) is 57.6 Å². The maximum atomic E-state index is 2.26. The van der Waals surface area contributed by atoms with Crippen molar-refractivity contribution in [2.75, 3.05) is 0 Å². The number of hydrogen-bond donors (Lipinski definition) is 0. The van der Waals surface area contributed by atoms with Crippen LogP contribution in [0.2, 0.25) is 0 Å². The molecule has 4 aromatic carbocycles. The average molecular weight is 282 g/mol. The fraction of sp³-hybridized carbons (Fsp3) is 0.0909. The maximum absolute atomic E-state index is 2.26. The molecule has 0 aliphatic carbocycles. The van der Waals surface area contributed by atoms with Crippen LogP contribution in [0.4, 0.5) is 0 Å². The monoisotopic (exact) mass is 282 g/mol. The number of benzene rings is 4. The summed E-state index contributed by atoms with van der Waals surface area (Å²) < 4.78 is 0. The standard InChI is InChI=1S/C22H18/c1-15-7-5-10-18(16(15)2)20-11-6-12-21-19-9-4-3-8-17(19)13-14-22(20)21/h3-14H,1-2H3. The molecule has 0 atom stereocenters. The second kappa shape index (κ2) is 4.99. The van der Waals surface area contributed by atoms with Crippen molar-refractivity contribution in [3.05, 3.63) is 83.9 Å². The van der Waals surface area contributed by atoms with E-state index in [1.165, 1.54) is 43.8 Å². The molecule has 0 bridgehead atoms. The van der Waals surface area contributed by atoms with Gasteiger partial charge in [0.1, 0.15) is 0 Å². The molecule has 106 valence electrons. The molecule has 0 radical (unpaired) electrons. The van der Waals surface area contributed by atoms with Crippen LogP contribution in [0.25, 0.3) is 32.7 Å². The average Bonchev–Trinajstić information content (AvgIpc) is 2.57. The molecular weight excluding hydrogens is 264 g/mol. The first-order valence-corrected chi connectivity index (χ1v) is 7.73. The van der Waals surface area contributed by atoms with Gasteiger partial charge in [0.05, 0.1) is 0 Å². The molecule has 0 heterocycles. The van der Waals surface area contributed by atoms with Crippen molar-refractivity contribution in [2.45, 2.75) is 13.8 Å². The van der Waals surface area contributed by atoms with Crippen molar-refractivity contribution in [3.8, 4) is 11.1 Å². The lowest BCUT2D eigenvalue weighted by Crippen LogP contribution is -1.88. The zero-order valence-electron chi connectivity index (χ0n) is 12.9. The molecule has 0 aliphatic rings. The molecule has 0 N–H and O–H groups in total. The summed E-state index contributed by atoms with van der Waals surface area (Å²) in [6.07, 6.45) is 0. The van der Waals surface area contributed by atoms with E-state index in [9.17, 15) is 0 Å². The summed E-state index contributed by atoms with van der Waals surface area (Å²) in [4.78, 5) is 0. The van der Waals surface area contributed by atoms with E-state index in [-0.39, 0.29) is 0 Å². The van der Waals surface area contributed by atoms with E-state index in [0.717, 1.165) is 0 Å². The molecule has 4 aromatic rings. The van der Waals surface area contributed by atoms with Crippen LogP contribution in [0.1, 0.15) is 11.1 Å². The van der Waals surface area contributed by atoms with Gasteiger partial charge in [-0.15, -0.1) is 0 Å². The van der Waals surface area contributed by atoms with E-state index in [2.05, 4.69) is 86.6 Å². The van der Waals surface area contributed by atoms with Gasteiger partial charge in [-0.1, -0.05) is 72.8 Å². The molecule has 0 unspecified atom stereocenters. The second-order valence-corrected chi connectivity index (χ2v) is 5.93. The summed E-state index contributed by atoms with van der Waals surface area (Å²) in [5.41, 5.74) is 5.36. The normalized spacial score (nSPS) is 11.2. The molecule has 0 fully saturated rings. The quantitative estimate of drug-likeness (QED) is 0.360. The minimum Gasteiger partial charge on any atom is -0.0616 e. The van der Waals surface area contributed by atoms with Gasteiger partial charge in [-0.3, -0.25) is 0 Å². The molecule has 4 rings (SSSR count). The first kappa shape index (κ1) is 13.1. The molecular formula is C22H18. The third-order valence-electron chi connectivity index (χ3n) is 4.68. The highest BCUT2D eigenvalue weighted by Crippen LogP contribution is 2.35. The molecule has 0 spiro atoms. The van der Waals surface area contributed by atoms with Crippen LogP contribution in [0.15, 0.2) is 72.8 Å². The first-order chi connectivity index (χ1) is 10.8. The highest BCUT2D eigenvalue weighted by molar-refractivity contribution is 6.12. The second-order valence-electron chi connectivity index (χ2n) is 5.93. The van der Waals surface area contributed by atoms with E-state index >= 15 is 0 Å². The van der Waals surface area contributed by atoms with Gasteiger partial charge in [0.2, 0.25) is 0 Å². The van der Waals surface area contributed by atoms with Crippen molar-refractivity contribution in [1.29, 1.82) is 0 Å². The van der Waals surface area contributed by atoms with Gasteiger partial charge < -0.3 is 0 Å². The lowest BCUT2D eigenvalue weighted by atomic mass is 9.91. The minimum absolute atomic E-state index is 1.30. The van der Waals surface area contributed by atoms with Crippen molar-refractivity contribution < 1.29 is 0 Å². The van der Waals surface area contributed by atoms with Crippen molar-refractivity contribution >= 4 is 21.5 Å². The first-order valence-electron chi connectivity index (χ1n) is 7.73. The predicted octanol–water partition coefficient (Wildman–Crippen LogP) is 6.28. The van der Waals surface area contributed by atoms with E-state index in [1.807, 2.05) is 0 Å². The summed E-state index contributed by atoms with van der Waals surface area (Å²) in [7, 11) is 0. The molecule has 0 aliphatic heterocycles. The van der Waals surface area contributed by atoms with Crippen LogP contribution < -0.4 is 0 Å². The Morgan fingerprint density at radius 1 is 0.500 bits per heavy atom. The molecule has 0 saturated carbocycles. The van der Waals surface area contributed by atoms with E-state index in [0.29, 0.717) is 0 Å². The Morgan fingerprint density at radius 3 is 2.14 bits per heavy atom. The topological polar surface area (TPSA) is 0 Å². The fourth-order valence-electron chi connectivity index (χ4n) is 3.32. The van der Waals surface area contributed by atoms with Gasteiger partial charge in [0.15, 0.2) is 0 Å². The van der Waals surface area contributed by atoms with Crippen LogP contribution in [0.5, 0.6) is 0 Å². The third-order valence-corrected chi connectivity index (χ3v) is 4.68. The van der Waals surface area contributed by atoms with Crippen LogP contribution >= 0.6 is 0 Å². The van der Waals surface area contributed by atoms with Crippen molar-refractivity contribution in [1.82, 2.24) is 0 Å². The number of aryl methyl sites for hydroxylation is 1. The highest BCUT2D eigenvalue weighted by atomic mass is 14.1. The molecule has 0 aromatic heterocycles. The predicted molar refractivity (Wildman–Crippen MR) is 96.4 cm³/mol. The van der Waals surface area contributed by atoms with Gasteiger partial charge in [-0.2, -0.15) is 0 Å². The molecule has 0 amide bonds. The molecule has 22 heavy (non-hydrogen) atoms. The van der Waals surface area contributed by atoms with Crippen molar-refractivity contribution in [3.63, 3.8) is 0 Å². The summed E-state index contributed by atoms with van der Waals surface area (Å²) in [6, 6.07) is 26.3. The van der Waals surface area contributed by atoms with Gasteiger partial charge in [0.25, 0.3) is 0 Å². The van der Waals surface area contributed by atoms with Crippen LogP contribution in [0, 0.1) is 13.8 Å². The van der Waals surface area contributed by atoms with E-state index in [1.54, 1.807) is 0 Å². The van der Waals surface area contributed by atoms with Crippen molar-refractivity contribution in [2.24, 2.45) is 0 Å². The summed E-state index contributed by atoms with van der Waals surface area (Å²) in [5.74, 6) is 0. The Kier molecular flexibility index (Phi) is 2.97. The number of rotatable bonds is 1. The van der Waals surface area contributed by atoms with Crippen LogP contribution in [-0.4, -0.2) is 0 Å². The SMILES string of the molecule is Cc1cccc(-c2cccc3c2ccc2ccccc23)c1C. The largest absolute Gasteiger partial charge is 0.0616 e. The lowest BCUT2D eigenvalue weighted by Gasteiger charge is -2.13. The smallest absolute Gasteiger partial charge is 0.00989 e. The zero-order chi connectivity index (χ0) is 15.1. The number of fused-ring (bicyclic) bond motifs is 3. The Hall–Kier alpha value is -2.60. The van der Waals surface area contributed by atoms with Crippen LogP contribution in [-0.2, 0) is 0 Å². The zero-order valence-corrected chi connectivity index (χ0v) is 12.9. The Morgan fingerprint density at radius 2 is 1.23 bits per heavy atom. The minimum atomic E-state index is 1.30. The van der Waals surface area contributed by atoms with Gasteiger partial charge >= 0.3 is 0 Å². The van der Waals surface area contributed by atoms with Gasteiger partial charge in [0, 0.05) is 0 Å². The number of hydrogen-bond acceptors (Lipinski definition) is 0. The van der Waals surface area contributed by atoms with Crippen LogP contribution in [0.3, 0.4) is 0 Å². The lowest BCUT2D eigenvalue weighted by molar-refractivity contribution is 1.34. The molecule has 0 nitrogen and oxygen atoms in total. The summed E-state index contributed by atoms with van der Waals surface area (Å²) >= 11 is 0.